The molecular formula is C33H33N3O2. The number of carbonyl (C=O) groups is 1. The van der Waals surface area contributed by atoms with Gasteiger partial charge in [0.15, 0.2) is 0 Å². The van der Waals surface area contributed by atoms with Gasteiger partial charge in [-0.2, -0.15) is 0 Å². The molecule has 3 aromatic carbocycles. The van der Waals surface area contributed by atoms with Gasteiger partial charge in [-0.15, -0.1) is 0 Å². The van der Waals surface area contributed by atoms with E-state index in [-0.39, 0.29) is 11.3 Å². The third-order valence-electron chi connectivity index (χ3n) is 6.69. The van der Waals surface area contributed by atoms with Crippen LogP contribution in [-0.4, -0.2) is 15.5 Å². The minimum atomic E-state index is -0.146. The van der Waals surface area contributed by atoms with E-state index in [1.54, 1.807) is 6.20 Å². The molecule has 5 rings (SSSR count). The second-order valence-corrected chi connectivity index (χ2v) is 10.5. The summed E-state index contributed by atoms with van der Waals surface area (Å²) in [5, 5.41) is 3.96. The van der Waals surface area contributed by atoms with Crippen LogP contribution in [-0.2, 0) is 25.1 Å². The number of rotatable bonds is 8. The molecule has 1 N–H and O–H groups in total. The molecular weight excluding hydrogens is 470 g/mol. The summed E-state index contributed by atoms with van der Waals surface area (Å²) in [5.74, 6) is 0.610. The van der Waals surface area contributed by atoms with Crippen LogP contribution in [0.15, 0.2) is 103 Å². The number of benzene rings is 3. The predicted molar refractivity (Wildman–Crippen MR) is 152 cm³/mol. The van der Waals surface area contributed by atoms with Gasteiger partial charge in [0.2, 0.25) is 0 Å². The Morgan fingerprint density at radius 1 is 0.868 bits per heavy atom. The fraction of sp³-hybridized carbons (Fsp3) is 0.212. The lowest BCUT2D eigenvalue weighted by molar-refractivity contribution is 0.0942. The van der Waals surface area contributed by atoms with Crippen molar-refractivity contribution >= 4 is 16.8 Å². The molecule has 0 aliphatic rings. The maximum Gasteiger partial charge on any atom is 0.268 e. The van der Waals surface area contributed by atoms with Crippen LogP contribution in [0.2, 0.25) is 0 Å². The Hall–Kier alpha value is -4.38. The van der Waals surface area contributed by atoms with Crippen molar-refractivity contribution in [2.45, 2.75) is 45.9 Å². The Labute approximate surface area is 224 Å². The summed E-state index contributed by atoms with van der Waals surface area (Å²) < 4.78 is 8.31. The molecule has 0 saturated carbocycles. The molecule has 192 valence electrons. The van der Waals surface area contributed by atoms with Gasteiger partial charge in [0.25, 0.3) is 5.91 Å². The van der Waals surface area contributed by atoms with Gasteiger partial charge in [-0.3, -0.25) is 9.78 Å². The molecule has 2 heterocycles. The number of hydrogen-bond acceptors (Lipinski definition) is 3. The fourth-order valence-electron chi connectivity index (χ4n) is 4.53. The molecule has 1 amide bonds. The lowest BCUT2D eigenvalue weighted by Gasteiger charge is -2.19. The second kappa shape index (κ2) is 10.9. The molecule has 0 aliphatic carbocycles. The normalized spacial score (nSPS) is 11.4. The number of fused-ring (bicyclic) bond motifs is 1. The van der Waals surface area contributed by atoms with Gasteiger partial charge in [0, 0.05) is 18.1 Å². The van der Waals surface area contributed by atoms with E-state index in [0.29, 0.717) is 25.4 Å². The molecule has 0 aliphatic heterocycles. The summed E-state index contributed by atoms with van der Waals surface area (Å²) >= 11 is 0. The van der Waals surface area contributed by atoms with Crippen LogP contribution < -0.4 is 10.1 Å². The lowest BCUT2D eigenvalue weighted by atomic mass is 9.87. The molecule has 0 atom stereocenters. The maximum absolute atomic E-state index is 13.5. The van der Waals surface area contributed by atoms with Crippen LogP contribution in [0.5, 0.6) is 5.75 Å². The van der Waals surface area contributed by atoms with Crippen molar-refractivity contribution in [1.29, 1.82) is 0 Å². The average Bonchev–Trinajstić information content (AvgIpc) is 3.30. The van der Waals surface area contributed by atoms with Crippen molar-refractivity contribution in [1.82, 2.24) is 14.9 Å². The van der Waals surface area contributed by atoms with Crippen molar-refractivity contribution in [3.8, 4) is 5.75 Å². The number of hydrogen-bond donors (Lipinski definition) is 1. The Kier molecular flexibility index (Phi) is 7.27. The average molecular weight is 504 g/mol. The van der Waals surface area contributed by atoms with Crippen molar-refractivity contribution in [3.63, 3.8) is 0 Å². The number of carbonyl (C=O) groups excluding carboxylic acids is 1. The minimum absolute atomic E-state index is 0.0835. The summed E-state index contributed by atoms with van der Waals surface area (Å²) in [6.45, 7) is 8.02. The number of ether oxygens (including phenoxy) is 1. The molecule has 0 bridgehead atoms. The van der Waals surface area contributed by atoms with Gasteiger partial charge in [-0.25, -0.2) is 0 Å². The second-order valence-electron chi connectivity index (χ2n) is 10.5. The maximum atomic E-state index is 13.5. The van der Waals surface area contributed by atoms with Crippen LogP contribution in [0.1, 0.15) is 53.6 Å². The van der Waals surface area contributed by atoms with Gasteiger partial charge >= 0.3 is 0 Å². The molecule has 38 heavy (non-hydrogen) atoms. The first-order chi connectivity index (χ1) is 18.4. The van der Waals surface area contributed by atoms with E-state index in [1.165, 1.54) is 5.56 Å². The van der Waals surface area contributed by atoms with Crippen LogP contribution >= 0.6 is 0 Å². The van der Waals surface area contributed by atoms with Gasteiger partial charge < -0.3 is 14.6 Å². The number of nitrogens with one attached hydrogen (secondary N) is 1. The van der Waals surface area contributed by atoms with Gasteiger partial charge in [0.1, 0.15) is 18.1 Å². The van der Waals surface area contributed by atoms with E-state index in [4.69, 9.17) is 4.74 Å². The summed E-state index contributed by atoms with van der Waals surface area (Å²) in [6.07, 6.45) is 1.73. The standard InChI is InChI=1S/C33H33N3O2/c1-33(2,3)26-17-15-24(16-18-26)22-36-29-13-9-14-31(38-23-25-10-5-4-6-11-25)28(29)20-30(36)32(37)35-21-27-12-7-8-19-34-27/h4-20H,21-23H2,1-3H3,(H,35,37). The van der Waals surface area contributed by atoms with Crippen LogP contribution in [0, 0.1) is 0 Å². The minimum Gasteiger partial charge on any atom is -0.488 e. The van der Waals surface area contributed by atoms with E-state index < -0.39 is 0 Å². The van der Waals surface area contributed by atoms with E-state index in [1.807, 2.05) is 72.8 Å². The first-order valence-corrected chi connectivity index (χ1v) is 12.9. The van der Waals surface area contributed by atoms with E-state index in [9.17, 15) is 4.79 Å². The molecule has 0 unspecified atom stereocenters. The topological polar surface area (TPSA) is 56.2 Å². The number of pyridine rings is 1. The fourth-order valence-corrected chi connectivity index (χ4v) is 4.53. The molecule has 0 fully saturated rings. The zero-order valence-corrected chi connectivity index (χ0v) is 22.1. The van der Waals surface area contributed by atoms with Crippen LogP contribution in [0.3, 0.4) is 0 Å². The molecule has 0 saturated heterocycles. The zero-order valence-electron chi connectivity index (χ0n) is 22.1. The lowest BCUT2D eigenvalue weighted by Crippen LogP contribution is -2.26. The SMILES string of the molecule is CC(C)(C)c1ccc(Cn2c(C(=O)NCc3ccccn3)cc3c(OCc4ccccc4)cccc32)cc1. The highest BCUT2D eigenvalue weighted by atomic mass is 16.5. The van der Waals surface area contributed by atoms with Gasteiger partial charge in [-0.1, -0.05) is 87.5 Å². The quantitative estimate of drug-likeness (QED) is 0.251. The molecule has 5 aromatic rings. The molecule has 2 aromatic heterocycles. The Morgan fingerprint density at radius 2 is 1.63 bits per heavy atom. The molecule has 0 radical (unpaired) electrons. The molecule has 0 spiro atoms. The number of aromatic nitrogens is 2. The largest absolute Gasteiger partial charge is 0.488 e. The summed E-state index contributed by atoms with van der Waals surface area (Å²) in [5.41, 5.74) is 5.95. The van der Waals surface area contributed by atoms with E-state index in [0.717, 1.165) is 33.5 Å². The molecule has 5 heteroatoms. The van der Waals surface area contributed by atoms with Crippen LogP contribution in [0.4, 0.5) is 0 Å². The smallest absolute Gasteiger partial charge is 0.268 e. The van der Waals surface area contributed by atoms with Gasteiger partial charge in [-0.05, 0) is 52.4 Å². The monoisotopic (exact) mass is 503 g/mol. The predicted octanol–water partition coefficient (Wildman–Crippen LogP) is 6.89. The van der Waals surface area contributed by atoms with Gasteiger partial charge in [0.05, 0.1) is 17.8 Å². The Balaban J connectivity index is 1.48. The van der Waals surface area contributed by atoms with E-state index >= 15 is 0 Å². The van der Waals surface area contributed by atoms with Crippen LogP contribution in [0.25, 0.3) is 10.9 Å². The summed E-state index contributed by atoms with van der Waals surface area (Å²) in [6, 6.07) is 32.4. The van der Waals surface area contributed by atoms with Crippen molar-refractivity contribution in [2.75, 3.05) is 0 Å². The zero-order chi connectivity index (χ0) is 26.5. The first kappa shape index (κ1) is 25.3. The third-order valence-corrected chi connectivity index (χ3v) is 6.69. The Morgan fingerprint density at radius 3 is 2.34 bits per heavy atom. The van der Waals surface area contributed by atoms with Crippen molar-refractivity contribution < 1.29 is 9.53 Å². The highest BCUT2D eigenvalue weighted by Gasteiger charge is 2.19. The van der Waals surface area contributed by atoms with E-state index in [2.05, 4.69) is 59.9 Å². The summed E-state index contributed by atoms with van der Waals surface area (Å²) in [7, 11) is 0. The van der Waals surface area contributed by atoms with Crippen molar-refractivity contribution in [2.24, 2.45) is 0 Å². The number of nitrogens with zero attached hydrogens (tertiary/aromatic N) is 2. The highest BCUT2D eigenvalue weighted by Crippen LogP contribution is 2.31. The first-order valence-electron chi connectivity index (χ1n) is 12.9. The van der Waals surface area contributed by atoms with Crippen molar-refractivity contribution in [3.05, 3.63) is 131 Å². The Bertz CT molecular complexity index is 1520. The highest BCUT2D eigenvalue weighted by molar-refractivity contribution is 6.00. The molecule has 5 nitrogen and oxygen atoms in total. The summed E-state index contributed by atoms with van der Waals surface area (Å²) in [4.78, 5) is 17.8. The third kappa shape index (κ3) is 5.78. The number of amides is 1.